The maximum atomic E-state index is 5.21. The van der Waals surface area contributed by atoms with Crippen LogP contribution in [0.4, 0.5) is 0 Å². The number of fused-ring (bicyclic) bond motifs is 1. The zero-order valence-electron chi connectivity index (χ0n) is 10.5. The van der Waals surface area contributed by atoms with Gasteiger partial charge in [0, 0.05) is 6.54 Å². The molecule has 0 saturated heterocycles. The van der Waals surface area contributed by atoms with Crippen molar-refractivity contribution in [3.63, 3.8) is 0 Å². The Morgan fingerprint density at radius 2 is 1.83 bits per heavy atom. The fourth-order valence-electron chi connectivity index (χ4n) is 2.60. The van der Waals surface area contributed by atoms with Crippen molar-refractivity contribution in [2.75, 3.05) is 13.7 Å². The first kappa shape index (κ1) is 11.3. The van der Waals surface area contributed by atoms with Gasteiger partial charge in [-0.25, -0.2) is 0 Å². The zero-order valence-corrected chi connectivity index (χ0v) is 10.5. The number of methoxy groups -OCH3 is 1. The highest BCUT2D eigenvalue weighted by atomic mass is 16.5. The zero-order chi connectivity index (χ0) is 12.4. The third kappa shape index (κ3) is 2.00. The number of hydrogen-bond acceptors (Lipinski definition) is 2. The SMILES string of the molecule is COc1ccc([C@H]2NCCc3ccccc32)cc1. The lowest BCUT2D eigenvalue weighted by molar-refractivity contribution is 0.414. The molecule has 0 spiro atoms. The molecular weight excluding hydrogens is 222 g/mol. The lowest BCUT2D eigenvalue weighted by Crippen LogP contribution is -2.30. The fraction of sp³-hybridized carbons (Fsp3) is 0.250. The quantitative estimate of drug-likeness (QED) is 0.870. The molecule has 2 heteroatoms. The van der Waals surface area contributed by atoms with Crippen LogP contribution in [-0.4, -0.2) is 13.7 Å². The maximum Gasteiger partial charge on any atom is 0.118 e. The predicted molar refractivity (Wildman–Crippen MR) is 73.0 cm³/mol. The average molecular weight is 239 g/mol. The first-order valence-electron chi connectivity index (χ1n) is 6.33. The number of ether oxygens (including phenoxy) is 1. The molecule has 2 aromatic carbocycles. The third-order valence-corrected chi connectivity index (χ3v) is 3.56. The maximum absolute atomic E-state index is 5.21. The third-order valence-electron chi connectivity index (χ3n) is 3.56. The number of hydrogen-bond donors (Lipinski definition) is 1. The molecule has 18 heavy (non-hydrogen) atoms. The number of rotatable bonds is 2. The van der Waals surface area contributed by atoms with E-state index in [0.29, 0.717) is 6.04 Å². The van der Waals surface area contributed by atoms with Crippen LogP contribution in [0.15, 0.2) is 48.5 Å². The van der Waals surface area contributed by atoms with E-state index in [9.17, 15) is 0 Å². The van der Waals surface area contributed by atoms with Crippen LogP contribution in [0, 0.1) is 0 Å². The molecule has 1 heterocycles. The molecule has 3 rings (SSSR count). The summed E-state index contributed by atoms with van der Waals surface area (Å²) < 4.78 is 5.21. The predicted octanol–water partition coefficient (Wildman–Crippen LogP) is 2.93. The van der Waals surface area contributed by atoms with Crippen LogP contribution in [0.2, 0.25) is 0 Å². The topological polar surface area (TPSA) is 21.3 Å². The van der Waals surface area contributed by atoms with E-state index in [1.807, 2.05) is 12.1 Å². The molecule has 1 N–H and O–H groups in total. The van der Waals surface area contributed by atoms with Gasteiger partial charge in [-0.15, -0.1) is 0 Å². The average Bonchev–Trinajstić information content (AvgIpc) is 2.47. The van der Waals surface area contributed by atoms with Crippen molar-refractivity contribution < 1.29 is 4.74 Å². The normalized spacial score (nSPS) is 18.2. The minimum absolute atomic E-state index is 0.306. The second kappa shape index (κ2) is 4.83. The van der Waals surface area contributed by atoms with Crippen LogP contribution in [0.3, 0.4) is 0 Å². The molecule has 1 aliphatic rings. The standard InChI is InChI=1S/C16H17NO/c1-18-14-8-6-13(7-9-14)16-15-5-3-2-4-12(15)10-11-17-16/h2-9,16-17H,10-11H2,1H3/t16-/m1/s1. The van der Waals surface area contributed by atoms with Gasteiger partial charge in [-0.2, -0.15) is 0 Å². The minimum Gasteiger partial charge on any atom is -0.497 e. The summed E-state index contributed by atoms with van der Waals surface area (Å²) in [4.78, 5) is 0. The van der Waals surface area contributed by atoms with Gasteiger partial charge in [0.1, 0.15) is 5.75 Å². The molecule has 0 amide bonds. The summed E-state index contributed by atoms with van der Waals surface area (Å²) in [6.45, 7) is 1.04. The van der Waals surface area contributed by atoms with Gasteiger partial charge >= 0.3 is 0 Å². The molecule has 0 bridgehead atoms. The molecule has 92 valence electrons. The summed E-state index contributed by atoms with van der Waals surface area (Å²) in [7, 11) is 1.70. The molecule has 1 atom stereocenters. The monoisotopic (exact) mass is 239 g/mol. The van der Waals surface area contributed by atoms with Crippen LogP contribution in [-0.2, 0) is 6.42 Å². The van der Waals surface area contributed by atoms with Gasteiger partial charge in [-0.3, -0.25) is 0 Å². The van der Waals surface area contributed by atoms with Crippen molar-refractivity contribution >= 4 is 0 Å². The highest BCUT2D eigenvalue weighted by Crippen LogP contribution is 2.29. The van der Waals surface area contributed by atoms with Gasteiger partial charge < -0.3 is 10.1 Å². The molecule has 0 unspecified atom stereocenters. The summed E-state index contributed by atoms with van der Waals surface area (Å²) in [6, 6.07) is 17.3. The molecule has 2 aromatic rings. The smallest absolute Gasteiger partial charge is 0.118 e. The molecule has 0 aliphatic carbocycles. The van der Waals surface area contributed by atoms with E-state index in [0.717, 1.165) is 18.7 Å². The van der Waals surface area contributed by atoms with E-state index in [4.69, 9.17) is 4.74 Å². The molecule has 0 fully saturated rings. The Morgan fingerprint density at radius 1 is 1.06 bits per heavy atom. The lowest BCUT2D eigenvalue weighted by Gasteiger charge is -2.27. The van der Waals surface area contributed by atoms with Crippen LogP contribution in [0.25, 0.3) is 0 Å². The second-order valence-electron chi connectivity index (χ2n) is 4.61. The summed E-state index contributed by atoms with van der Waals surface area (Å²) in [6.07, 6.45) is 1.11. The Kier molecular flexibility index (Phi) is 3.03. The molecule has 1 aliphatic heterocycles. The van der Waals surface area contributed by atoms with Gasteiger partial charge in [0.25, 0.3) is 0 Å². The van der Waals surface area contributed by atoms with Crippen LogP contribution < -0.4 is 10.1 Å². The van der Waals surface area contributed by atoms with E-state index < -0.39 is 0 Å². The van der Waals surface area contributed by atoms with Crippen molar-refractivity contribution in [2.24, 2.45) is 0 Å². The summed E-state index contributed by atoms with van der Waals surface area (Å²) in [5.74, 6) is 0.905. The Hall–Kier alpha value is -1.80. The molecule has 0 radical (unpaired) electrons. The van der Waals surface area contributed by atoms with Crippen LogP contribution >= 0.6 is 0 Å². The van der Waals surface area contributed by atoms with Crippen molar-refractivity contribution in [1.82, 2.24) is 5.32 Å². The lowest BCUT2D eigenvalue weighted by atomic mass is 9.90. The molecule has 0 saturated carbocycles. The Labute approximate surface area is 108 Å². The van der Waals surface area contributed by atoms with E-state index in [1.54, 1.807) is 7.11 Å². The molecular formula is C16H17NO. The molecule has 2 nitrogen and oxygen atoms in total. The van der Waals surface area contributed by atoms with E-state index in [1.165, 1.54) is 16.7 Å². The van der Waals surface area contributed by atoms with Gasteiger partial charge in [-0.1, -0.05) is 36.4 Å². The van der Waals surface area contributed by atoms with Crippen molar-refractivity contribution in [2.45, 2.75) is 12.5 Å². The van der Waals surface area contributed by atoms with Crippen molar-refractivity contribution in [3.8, 4) is 5.75 Å². The second-order valence-corrected chi connectivity index (χ2v) is 4.61. The summed E-state index contributed by atoms with van der Waals surface area (Å²) in [5, 5.41) is 3.59. The number of nitrogens with one attached hydrogen (secondary N) is 1. The van der Waals surface area contributed by atoms with Gasteiger partial charge in [0.2, 0.25) is 0 Å². The fourth-order valence-corrected chi connectivity index (χ4v) is 2.60. The van der Waals surface area contributed by atoms with Crippen LogP contribution in [0.5, 0.6) is 5.75 Å². The van der Waals surface area contributed by atoms with Crippen molar-refractivity contribution in [1.29, 1.82) is 0 Å². The first-order chi connectivity index (χ1) is 8.88. The van der Waals surface area contributed by atoms with E-state index in [-0.39, 0.29) is 0 Å². The minimum atomic E-state index is 0.306. The largest absolute Gasteiger partial charge is 0.497 e. The van der Waals surface area contributed by atoms with Gasteiger partial charge in [0.15, 0.2) is 0 Å². The van der Waals surface area contributed by atoms with Gasteiger partial charge in [-0.05, 0) is 35.2 Å². The highest BCUT2D eigenvalue weighted by Gasteiger charge is 2.20. The summed E-state index contributed by atoms with van der Waals surface area (Å²) in [5.41, 5.74) is 4.15. The number of benzene rings is 2. The Balaban J connectivity index is 1.97. The highest BCUT2D eigenvalue weighted by molar-refractivity contribution is 5.40. The first-order valence-corrected chi connectivity index (χ1v) is 6.33. The van der Waals surface area contributed by atoms with Crippen LogP contribution in [0.1, 0.15) is 22.7 Å². The molecule has 0 aromatic heterocycles. The van der Waals surface area contributed by atoms with E-state index >= 15 is 0 Å². The Morgan fingerprint density at radius 3 is 2.61 bits per heavy atom. The Bertz CT molecular complexity index is 533. The van der Waals surface area contributed by atoms with E-state index in [2.05, 4.69) is 41.7 Å². The summed E-state index contributed by atoms with van der Waals surface area (Å²) >= 11 is 0. The van der Waals surface area contributed by atoms with Crippen molar-refractivity contribution in [3.05, 3.63) is 65.2 Å². The van der Waals surface area contributed by atoms with Gasteiger partial charge in [0.05, 0.1) is 13.2 Å².